The number of aromatic amines is 1. The van der Waals surface area contributed by atoms with E-state index in [9.17, 15) is 4.79 Å². The molecule has 0 radical (unpaired) electrons. The third-order valence-corrected chi connectivity index (χ3v) is 8.71. The van der Waals surface area contributed by atoms with Crippen LogP contribution in [0.4, 0.5) is 0 Å². The number of hydrogen-bond donors (Lipinski definition) is 1. The van der Waals surface area contributed by atoms with E-state index in [0.29, 0.717) is 23.8 Å². The SMILES string of the molecule is Cc1cc(C)cc(-c2[nH]c3ccc(C(C)(C)C(=O)N4CC5CCC4CC5)cc3c2C(C)CN(C)C)c1. The molecule has 1 unspecified atom stereocenters. The molecular weight excluding hydrogens is 442 g/mol. The third kappa shape index (κ3) is 4.49. The van der Waals surface area contributed by atoms with Gasteiger partial charge in [0.2, 0.25) is 5.91 Å². The Morgan fingerprint density at radius 2 is 1.72 bits per heavy atom. The summed E-state index contributed by atoms with van der Waals surface area (Å²) in [6.07, 6.45) is 4.93. The van der Waals surface area contributed by atoms with Crippen molar-refractivity contribution in [2.24, 2.45) is 5.92 Å². The zero-order valence-corrected chi connectivity index (χ0v) is 23.2. The van der Waals surface area contributed by atoms with Gasteiger partial charge in [0.1, 0.15) is 0 Å². The molecule has 1 amide bonds. The van der Waals surface area contributed by atoms with Crippen molar-refractivity contribution >= 4 is 16.8 Å². The molecule has 2 aromatic carbocycles. The van der Waals surface area contributed by atoms with E-state index in [2.05, 4.69) is 99.9 Å². The molecule has 1 atom stereocenters. The molecule has 1 saturated carbocycles. The molecule has 1 aromatic heterocycles. The Hall–Kier alpha value is -2.59. The molecule has 3 heterocycles. The van der Waals surface area contributed by atoms with Gasteiger partial charge in [0.15, 0.2) is 0 Å². The Labute approximate surface area is 217 Å². The van der Waals surface area contributed by atoms with Gasteiger partial charge >= 0.3 is 0 Å². The number of carbonyl (C=O) groups excluding carboxylic acids is 1. The first-order valence-electron chi connectivity index (χ1n) is 13.7. The molecule has 36 heavy (non-hydrogen) atoms. The van der Waals surface area contributed by atoms with E-state index in [1.54, 1.807) is 0 Å². The lowest BCUT2D eigenvalue weighted by Crippen LogP contribution is -2.55. The topological polar surface area (TPSA) is 39.3 Å². The van der Waals surface area contributed by atoms with Crippen LogP contribution in [0.1, 0.15) is 74.6 Å². The van der Waals surface area contributed by atoms with E-state index < -0.39 is 5.41 Å². The molecule has 192 valence electrons. The van der Waals surface area contributed by atoms with Crippen LogP contribution in [0, 0.1) is 19.8 Å². The minimum absolute atomic E-state index is 0.296. The summed E-state index contributed by atoms with van der Waals surface area (Å²) in [7, 11) is 4.28. The zero-order valence-electron chi connectivity index (χ0n) is 23.2. The van der Waals surface area contributed by atoms with Crippen molar-refractivity contribution in [3.05, 3.63) is 58.7 Å². The fourth-order valence-corrected chi connectivity index (χ4v) is 6.90. The number of H-pyrrole nitrogens is 1. The summed E-state index contributed by atoms with van der Waals surface area (Å²) in [4.78, 5) is 22.2. The second-order valence-corrected chi connectivity index (χ2v) is 12.5. The van der Waals surface area contributed by atoms with Crippen LogP contribution >= 0.6 is 0 Å². The van der Waals surface area contributed by atoms with E-state index in [4.69, 9.17) is 0 Å². The van der Waals surface area contributed by atoms with Crippen LogP contribution < -0.4 is 0 Å². The lowest BCUT2D eigenvalue weighted by atomic mass is 9.76. The minimum Gasteiger partial charge on any atom is -0.354 e. The van der Waals surface area contributed by atoms with Gasteiger partial charge in [-0.3, -0.25) is 4.79 Å². The standard InChI is InChI=1S/C32H43N3O/c1-20-14-21(2)16-24(15-20)30-29(22(3)18-34(6)7)27-17-25(10-13-28(27)33-30)32(4,5)31(36)35-19-23-8-11-26(35)12-9-23/h10,13-17,22-23,26,33H,8-9,11-12,18-19H2,1-7H3. The maximum absolute atomic E-state index is 13.9. The number of aromatic nitrogens is 1. The highest BCUT2D eigenvalue weighted by Gasteiger charge is 2.42. The van der Waals surface area contributed by atoms with Gasteiger partial charge in [-0.2, -0.15) is 0 Å². The van der Waals surface area contributed by atoms with E-state index >= 15 is 0 Å². The van der Waals surface area contributed by atoms with Crippen LogP contribution in [0.5, 0.6) is 0 Å². The molecule has 4 heteroatoms. The number of carbonyl (C=O) groups is 1. The number of benzene rings is 2. The molecule has 6 rings (SSSR count). The van der Waals surface area contributed by atoms with Crippen LogP contribution in [0.15, 0.2) is 36.4 Å². The second kappa shape index (κ2) is 9.37. The van der Waals surface area contributed by atoms with E-state index in [1.807, 2.05) is 0 Å². The summed E-state index contributed by atoms with van der Waals surface area (Å²) in [5, 5.41) is 1.25. The van der Waals surface area contributed by atoms with Crippen molar-refractivity contribution in [2.45, 2.75) is 77.7 Å². The fraction of sp³-hybridized carbons (Fsp3) is 0.531. The van der Waals surface area contributed by atoms with Gasteiger partial charge in [0.05, 0.1) is 11.1 Å². The molecule has 1 aliphatic carbocycles. The monoisotopic (exact) mass is 485 g/mol. The summed E-state index contributed by atoms with van der Waals surface area (Å²) < 4.78 is 0. The highest BCUT2D eigenvalue weighted by atomic mass is 16.2. The molecule has 4 nitrogen and oxygen atoms in total. The van der Waals surface area contributed by atoms with Gasteiger partial charge in [0, 0.05) is 30.0 Å². The quantitative estimate of drug-likeness (QED) is 0.417. The van der Waals surface area contributed by atoms with E-state index in [-0.39, 0.29) is 0 Å². The zero-order chi connectivity index (χ0) is 25.8. The van der Waals surface area contributed by atoms with Crippen molar-refractivity contribution in [3.63, 3.8) is 0 Å². The fourth-order valence-electron chi connectivity index (χ4n) is 6.90. The number of nitrogens with one attached hydrogen (secondary N) is 1. The van der Waals surface area contributed by atoms with Crippen LogP contribution in [0.2, 0.25) is 0 Å². The maximum atomic E-state index is 13.9. The molecule has 2 bridgehead atoms. The van der Waals surface area contributed by atoms with Crippen molar-refractivity contribution in [1.82, 2.24) is 14.8 Å². The van der Waals surface area contributed by atoms with Gasteiger partial charge in [-0.05, 0) is 120 Å². The summed E-state index contributed by atoms with van der Waals surface area (Å²) in [5.41, 5.74) is 8.07. The van der Waals surface area contributed by atoms with Gasteiger partial charge < -0.3 is 14.8 Å². The number of rotatable bonds is 6. The highest BCUT2D eigenvalue weighted by molar-refractivity contribution is 5.94. The Balaban J connectivity index is 1.60. The number of likely N-dealkylation sites (N-methyl/N-ethyl adjacent to an activating group) is 1. The predicted molar refractivity (Wildman–Crippen MR) is 151 cm³/mol. The highest BCUT2D eigenvalue weighted by Crippen LogP contribution is 2.41. The molecule has 2 aliphatic heterocycles. The number of fused-ring (bicyclic) bond motifs is 4. The maximum Gasteiger partial charge on any atom is 0.232 e. The molecule has 3 aliphatic rings. The second-order valence-electron chi connectivity index (χ2n) is 12.5. The Morgan fingerprint density at radius 3 is 2.31 bits per heavy atom. The summed E-state index contributed by atoms with van der Waals surface area (Å²) in [6.45, 7) is 12.8. The first-order chi connectivity index (χ1) is 17.0. The molecule has 1 N–H and O–H groups in total. The number of hydrogen-bond acceptors (Lipinski definition) is 2. The smallest absolute Gasteiger partial charge is 0.232 e. The van der Waals surface area contributed by atoms with E-state index in [0.717, 1.165) is 24.2 Å². The first-order valence-corrected chi connectivity index (χ1v) is 13.7. The number of aryl methyl sites for hydroxylation is 2. The van der Waals surface area contributed by atoms with Crippen molar-refractivity contribution < 1.29 is 4.79 Å². The van der Waals surface area contributed by atoms with Crippen molar-refractivity contribution in [3.8, 4) is 11.3 Å². The third-order valence-electron chi connectivity index (χ3n) is 8.71. The Kier molecular flexibility index (Phi) is 6.53. The number of piperidine rings is 2. The average Bonchev–Trinajstić information content (AvgIpc) is 3.22. The number of amides is 1. The van der Waals surface area contributed by atoms with Crippen LogP contribution in [0.25, 0.3) is 22.2 Å². The molecule has 3 fully saturated rings. The van der Waals surface area contributed by atoms with Crippen LogP contribution in [0.3, 0.4) is 0 Å². The molecular formula is C32H43N3O. The predicted octanol–water partition coefficient (Wildman–Crippen LogP) is 6.80. The first kappa shape index (κ1) is 25.1. The summed E-state index contributed by atoms with van der Waals surface area (Å²) in [6, 6.07) is 13.9. The van der Waals surface area contributed by atoms with Gasteiger partial charge in [-0.15, -0.1) is 0 Å². The van der Waals surface area contributed by atoms with Gasteiger partial charge in [-0.25, -0.2) is 0 Å². The molecule has 0 spiro atoms. The number of nitrogens with zero attached hydrogens (tertiary/aromatic N) is 2. The summed E-state index contributed by atoms with van der Waals surface area (Å²) in [5.74, 6) is 1.33. The molecule has 2 saturated heterocycles. The van der Waals surface area contributed by atoms with Gasteiger partial charge in [0.25, 0.3) is 0 Å². The normalized spacial score (nSPS) is 20.9. The lowest BCUT2D eigenvalue weighted by molar-refractivity contribution is -0.144. The summed E-state index contributed by atoms with van der Waals surface area (Å²) >= 11 is 0. The Bertz CT molecular complexity index is 1260. The van der Waals surface area contributed by atoms with Gasteiger partial charge in [-0.1, -0.05) is 30.2 Å². The Morgan fingerprint density at radius 1 is 1.06 bits per heavy atom. The van der Waals surface area contributed by atoms with Crippen LogP contribution in [-0.2, 0) is 10.2 Å². The van der Waals surface area contributed by atoms with Crippen molar-refractivity contribution in [1.29, 1.82) is 0 Å². The minimum atomic E-state index is -0.551. The lowest BCUT2D eigenvalue weighted by Gasteiger charge is -2.47. The molecule has 3 aromatic rings. The largest absolute Gasteiger partial charge is 0.354 e. The van der Waals surface area contributed by atoms with Crippen LogP contribution in [-0.4, -0.2) is 53.9 Å². The average molecular weight is 486 g/mol. The van der Waals surface area contributed by atoms with E-state index in [1.165, 1.54) is 59.0 Å². The van der Waals surface area contributed by atoms with Crippen molar-refractivity contribution in [2.75, 3.05) is 27.2 Å².